The fraction of sp³-hybridized carbons (Fsp3) is 0.429. The number of aryl methyl sites for hydroxylation is 1. The Balaban J connectivity index is 2.19. The molecule has 0 saturated carbocycles. The minimum atomic E-state index is 0.283. The molecule has 0 fully saturated rings. The molecule has 3 nitrogen and oxygen atoms in total. The van der Waals surface area contributed by atoms with Crippen LogP contribution in [0.3, 0.4) is 0 Å². The van der Waals surface area contributed by atoms with Gasteiger partial charge in [-0.25, -0.2) is 4.98 Å². The Bertz CT molecular complexity index is 528. The summed E-state index contributed by atoms with van der Waals surface area (Å²) >= 11 is 0. The molecule has 0 aliphatic carbocycles. The van der Waals surface area contributed by atoms with Crippen LogP contribution in [0.5, 0.6) is 0 Å². The predicted octanol–water partition coefficient (Wildman–Crippen LogP) is 2.88. The van der Waals surface area contributed by atoms with E-state index in [1.54, 1.807) is 0 Å². The van der Waals surface area contributed by atoms with Crippen molar-refractivity contribution in [3.05, 3.63) is 30.1 Å². The van der Waals surface area contributed by atoms with Gasteiger partial charge in [0.2, 0.25) is 0 Å². The van der Waals surface area contributed by atoms with E-state index in [2.05, 4.69) is 11.9 Å². The molecule has 0 spiro atoms. The van der Waals surface area contributed by atoms with E-state index in [-0.39, 0.29) is 5.78 Å². The predicted molar refractivity (Wildman–Crippen MR) is 69.0 cm³/mol. The monoisotopic (exact) mass is 230 g/mol. The van der Waals surface area contributed by atoms with E-state index in [1.165, 1.54) is 0 Å². The number of unbranched alkanes of at least 4 members (excludes halogenated alkanes) is 1. The molecular formula is C14H18N2O. The summed E-state index contributed by atoms with van der Waals surface area (Å²) in [6, 6.07) is 7.97. The number of fused-ring (bicyclic) bond motifs is 1. The highest BCUT2D eigenvalue weighted by Gasteiger charge is 2.10. The van der Waals surface area contributed by atoms with Gasteiger partial charge in [-0.05, 0) is 18.6 Å². The number of ketones is 1. The van der Waals surface area contributed by atoms with E-state index < -0.39 is 0 Å². The lowest BCUT2D eigenvalue weighted by Crippen LogP contribution is -2.07. The maximum Gasteiger partial charge on any atom is 0.140 e. The summed E-state index contributed by atoms with van der Waals surface area (Å²) < 4.78 is 2.01. The number of nitrogens with zero attached hydrogens (tertiary/aromatic N) is 2. The summed E-state index contributed by atoms with van der Waals surface area (Å²) in [5.41, 5.74) is 2.05. The highest BCUT2D eigenvalue weighted by atomic mass is 16.1. The van der Waals surface area contributed by atoms with Gasteiger partial charge in [0, 0.05) is 13.5 Å². The van der Waals surface area contributed by atoms with Gasteiger partial charge < -0.3 is 4.57 Å². The molecule has 0 bridgehead atoms. The van der Waals surface area contributed by atoms with Crippen LogP contribution < -0.4 is 0 Å². The van der Waals surface area contributed by atoms with Crippen molar-refractivity contribution in [1.29, 1.82) is 0 Å². The SMILES string of the molecule is CCCCC(=O)Cc1nc2ccccc2n1C. The van der Waals surface area contributed by atoms with Crippen molar-refractivity contribution in [2.45, 2.75) is 32.6 Å². The van der Waals surface area contributed by atoms with E-state index in [9.17, 15) is 4.79 Å². The normalized spacial score (nSPS) is 10.9. The zero-order chi connectivity index (χ0) is 12.3. The molecule has 2 aromatic rings. The smallest absolute Gasteiger partial charge is 0.140 e. The molecule has 1 heterocycles. The first-order chi connectivity index (χ1) is 8.22. The van der Waals surface area contributed by atoms with Crippen LogP contribution >= 0.6 is 0 Å². The molecule has 0 aliphatic heterocycles. The van der Waals surface area contributed by atoms with Crippen LogP contribution in [0.1, 0.15) is 32.0 Å². The third kappa shape index (κ3) is 2.54. The number of hydrogen-bond donors (Lipinski definition) is 0. The third-order valence-corrected chi connectivity index (χ3v) is 3.04. The highest BCUT2D eigenvalue weighted by molar-refractivity contribution is 5.82. The average Bonchev–Trinajstić information content (AvgIpc) is 2.64. The number of Topliss-reactive ketones (excluding diaryl/α,β-unsaturated/α-hetero) is 1. The third-order valence-electron chi connectivity index (χ3n) is 3.04. The summed E-state index contributed by atoms with van der Waals surface area (Å²) in [5.74, 6) is 1.15. The maximum atomic E-state index is 11.7. The molecule has 17 heavy (non-hydrogen) atoms. The molecular weight excluding hydrogens is 212 g/mol. The van der Waals surface area contributed by atoms with E-state index in [4.69, 9.17) is 0 Å². The van der Waals surface area contributed by atoms with Crippen LogP contribution in [0.2, 0.25) is 0 Å². The van der Waals surface area contributed by atoms with Gasteiger partial charge in [-0.15, -0.1) is 0 Å². The summed E-state index contributed by atoms with van der Waals surface area (Å²) in [6.45, 7) is 2.10. The van der Waals surface area contributed by atoms with Gasteiger partial charge in [0.25, 0.3) is 0 Å². The fourth-order valence-electron chi connectivity index (χ4n) is 1.99. The zero-order valence-corrected chi connectivity index (χ0v) is 10.4. The molecule has 0 aliphatic rings. The lowest BCUT2D eigenvalue weighted by molar-refractivity contribution is -0.118. The van der Waals surface area contributed by atoms with E-state index in [0.717, 1.165) is 29.7 Å². The number of para-hydroxylation sites is 2. The average molecular weight is 230 g/mol. The molecule has 0 atom stereocenters. The Labute approximate surface area is 101 Å². The largest absolute Gasteiger partial charge is 0.331 e. The Hall–Kier alpha value is -1.64. The van der Waals surface area contributed by atoms with Gasteiger partial charge in [0.05, 0.1) is 17.5 Å². The summed E-state index contributed by atoms with van der Waals surface area (Å²) in [7, 11) is 1.97. The Morgan fingerprint density at radius 3 is 2.82 bits per heavy atom. The molecule has 0 radical (unpaired) electrons. The van der Waals surface area contributed by atoms with Gasteiger partial charge in [0.15, 0.2) is 0 Å². The second kappa shape index (κ2) is 5.13. The molecule has 0 unspecified atom stereocenters. The van der Waals surface area contributed by atoms with Crippen LogP contribution in [0.15, 0.2) is 24.3 Å². The molecule has 0 amide bonds. The van der Waals surface area contributed by atoms with Crippen molar-refractivity contribution < 1.29 is 4.79 Å². The van der Waals surface area contributed by atoms with Gasteiger partial charge in [-0.3, -0.25) is 4.79 Å². The summed E-state index contributed by atoms with van der Waals surface area (Å²) in [5, 5.41) is 0. The van der Waals surface area contributed by atoms with Gasteiger partial charge >= 0.3 is 0 Å². The molecule has 0 saturated heterocycles. The van der Waals surface area contributed by atoms with Gasteiger partial charge in [-0.2, -0.15) is 0 Å². The van der Waals surface area contributed by atoms with Crippen molar-refractivity contribution in [2.75, 3.05) is 0 Å². The maximum absolute atomic E-state index is 11.7. The number of imidazole rings is 1. The van der Waals surface area contributed by atoms with Crippen LogP contribution in [-0.4, -0.2) is 15.3 Å². The Morgan fingerprint density at radius 1 is 1.35 bits per heavy atom. The summed E-state index contributed by atoms with van der Waals surface area (Å²) in [6.07, 6.45) is 3.15. The van der Waals surface area contributed by atoms with Gasteiger partial charge in [0.1, 0.15) is 11.6 Å². The van der Waals surface area contributed by atoms with Crippen LogP contribution in [0.25, 0.3) is 11.0 Å². The molecule has 1 aromatic heterocycles. The highest BCUT2D eigenvalue weighted by Crippen LogP contribution is 2.15. The van der Waals surface area contributed by atoms with Crippen LogP contribution in [0, 0.1) is 0 Å². The van der Waals surface area contributed by atoms with Gasteiger partial charge in [-0.1, -0.05) is 25.5 Å². The number of carbonyl (C=O) groups is 1. The number of benzene rings is 1. The Morgan fingerprint density at radius 2 is 2.12 bits per heavy atom. The van der Waals surface area contributed by atoms with Crippen molar-refractivity contribution in [3.63, 3.8) is 0 Å². The Kier molecular flexibility index (Phi) is 3.57. The topological polar surface area (TPSA) is 34.9 Å². The van der Waals surface area contributed by atoms with Crippen LogP contribution in [-0.2, 0) is 18.3 Å². The van der Waals surface area contributed by atoms with E-state index >= 15 is 0 Å². The minimum Gasteiger partial charge on any atom is -0.331 e. The lowest BCUT2D eigenvalue weighted by atomic mass is 10.1. The zero-order valence-electron chi connectivity index (χ0n) is 10.4. The van der Waals surface area contributed by atoms with Crippen molar-refractivity contribution in [1.82, 2.24) is 9.55 Å². The number of aromatic nitrogens is 2. The second-order valence-electron chi connectivity index (χ2n) is 4.39. The molecule has 1 aromatic carbocycles. The molecule has 2 rings (SSSR count). The second-order valence-corrected chi connectivity index (χ2v) is 4.39. The van der Waals surface area contributed by atoms with E-state index in [0.29, 0.717) is 12.8 Å². The minimum absolute atomic E-state index is 0.283. The fourth-order valence-corrected chi connectivity index (χ4v) is 1.99. The van der Waals surface area contributed by atoms with Crippen molar-refractivity contribution in [2.24, 2.45) is 7.05 Å². The number of rotatable bonds is 5. The van der Waals surface area contributed by atoms with E-state index in [1.807, 2.05) is 35.9 Å². The molecule has 0 N–H and O–H groups in total. The quantitative estimate of drug-likeness (QED) is 0.791. The first-order valence-electron chi connectivity index (χ1n) is 6.14. The number of hydrogen-bond acceptors (Lipinski definition) is 2. The lowest BCUT2D eigenvalue weighted by Gasteiger charge is -2.01. The first-order valence-corrected chi connectivity index (χ1v) is 6.14. The van der Waals surface area contributed by atoms with Crippen molar-refractivity contribution >= 4 is 16.8 Å². The molecule has 90 valence electrons. The summed E-state index contributed by atoms with van der Waals surface area (Å²) in [4.78, 5) is 16.2. The first kappa shape index (κ1) is 11.8. The molecule has 3 heteroatoms. The number of carbonyl (C=O) groups excluding carboxylic acids is 1. The van der Waals surface area contributed by atoms with Crippen LogP contribution in [0.4, 0.5) is 0 Å². The standard InChI is InChI=1S/C14H18N2O/c1-3-4-7-11(17)10-14-15-12-8-5-6-9-13(12)16(14)2/h5-6,8-9H,3-4,7,10H2,1-2H3. The van der Waals surface area contributed by atoms with Crippen molar-refractivity contribution in [3.8, 4) is 0 Å².